The van der Waals surface area contributed by atoms with E-state index in [0.717, 1.165) is 30.5 Å². The van der Waals surface area contributed by atoms with Crippen molar-refractivity contribution in [3.63, 3.8) is 0 Å². The maximum atomic E-state index is 13.3. The van der Waals surface area contributed by atoms with Gasteiger partial charge in [-0.3, -0.25) is 4.79 Å². The molecule has 1 N–H and O–H groups in total. The second-order valence-corrected chi connectivity index (χ2v) is 5.88. The van der Waals surface area contributed by atoms with Crippen LogP contribution in [0, 0.1) is 17.5 Å². The van der Waals surface area contributed by atoms with Gasteiger partial charge in [-0.15, -0.1) is 0 Å². The maximum absolute atomic E-state index is 13.3. The second-order valence-electron chi connectivity index (χ2n) is 5.88. The molecule has 2 nitrogen and oxygen atoms in total. The molecule has 1 amide bonds. The minimum absolute atomic E-state index is 0.210. The van der Waals surface area contributed by atoms with E-state index >= 15 is 0 Å². The molecule has 1 saturated carbocycles. The van der Waals surface area contributed by atoms with Gasteiger partial charge >= 0.3 is 0 Å². The first-order valence-corrected chi connectivity index (χ1v) is 7.54. The highest BCUT2D eigenvalue weighted by molar-refractivity contribution is 5.99. The third kappa shape index (κ3) is 2.96. The fourth-order valence-electron chi connectivity index (χ4n) is 3.22. The quantitative estimate of drug-likeness (QED) is 0.883. The van der Waals surface area contributed by atoms with Crippen LogP contribution in [0.4, 0.5) is 18.9 Å². The number of hydrogen-bond donors (Lipinski definition) is 1. The van der Waals surface area contributed by atoms with Crippen LogP contribution in [0.3, 0.4) is 0 Å². The molecular weight excluding hydrogens is 303 g/mol. The van der Waals surface area contributed by atoms with Gasteiger partial charge < -0.3 is 5.32 Å². The Morgan fingerprint density at radius 1 is 0.913 bits per heavy atom. The Morgan fingerprint density at radius 2 is 1.57 bits per heavy atom. The third-order valence-corrected chi connectivity index (χ3v) is 4.47. The number of rotatable bonds is 3. The van der Waals surface area contributed by atoms with Crippen molar-refractivity contribution in [2.75, 3.05) is 5.32 Å². The number of hydrogen-bond acceptors (Lipinski definition) is 1. The molecule has 3 rings (SSSR count). The lowest BCUT2D eigenvalue weighted by Gasteiger charge is -2.28. The Bertz CT molecular complexity index is 722. The molecule has 0 atom stereocenters. The van der Waals surface area contributed by atoms with Crippen LogP contribution in [0.2, 0.25) is 0 Å². The summed E-state index contributed by atoms with van der Waals surface area (Å²) < 4.78 is 39.4. The molecule has 5 heteroatoms. The number of carbonyl (C=O) groups excluding carboxylic acids is 1. The average molecular weight is 319 g/mol. The number of halogens is 3. The van der Waals surface area contributed by atoms with Crippen molar-refractivity contribution >= 4 is 11.6 Å². The van der Waals surface area contributed by atoms with E-state index in [1.807, 2.05) is 0 Å². The van der Waals surface area contributed by atoms with Crippen LogP contribution in [0.5, 0.6) is 0 Å². The molecule has 23 heavy (non-hydrogen) atoms. The van der Waals surface area contributed by atoms with E-state index < -0.39 is 17.0 Å². The third-order valence-electron chi connectivity index (χ3n) is 4.47. The van der Waals surface area contributed by atoms with E-state index in [0.29, 0.717) is 12.8 Å². The van der Waals surface area contributed by atoms with Crippen molar-refractivity contribution < 1.29 is 18.0 Å². The van der Waals surface area contributed by atoms with Crippen LogP contribution in [0.25, 0.3) is 0 Å². The Labute approximate surface area is 132 Å². The van der Waals surface area contributed by atoms with Crippen LogP contribution in [0.1, 0.15) is 31.2 Å². The lowest BCUT2D eigenvalue weighted by Crippen LogP contribution is -2.38. The van der Waals surface area contributed by atoms with Gasteiger partial charge in [0.2, 0.25) is 5.91 Å². The molecule has 0 aliphatic heterocycles. The fourth-order valence-corrected chi connectivity index (χ4v) is 3.22. The zero-order valence-corrected chi connectivity index (χ0v) is 12.4. The number of nitrogens with one attached hydrogen (secondary N) is 1. The molecule has 120 valence electrons. The van der Waals surface area contributed by atoms with Gasteiger partial charge in [0, 0.05) is 11.8 Å². The molecule has 1 fully saturated rings. The van der Waals surface area contributed by atoms with Gasteiger partial charge in [0.1, 0.15) is 5.82 Å². The average Bonchev–Trinajstić information content (AvgIpc) is 3.02. The summed E-state index contributed by atoms with van der Waals surface area (Å²) in [4.78, 5) is 12.8. The van der Waals surface area contributed by atoms with Gasteiger partial charge in [-0.1, -0.05) is 25.0 Å². The number of amides is 1. The first-order valence-electron chi connectivity index (χ1n) is 7.54. The monoisotopic (exact) mass is 319 g/mol. The molecule has 0 radical (unpaired) electrons. The molecule has 0 unspecified atom stereocenters. The molecule has 0 bridgehead atoms. The van der Waals surface area contributed by atoms with Crippen LogP contribution < -0.4 is 5.32 Å². The van der Waals surface area contributed by atoms with E-state index in [1.54, 1.807) is 12.1 Å². The number of benzene rings is 2. The Morgan fingerprint density at radius 3 is 2.17 bits per heavy atom. The lowest BCUT2D eigenvalue weighted by molar-refractivity contribution is -0.121. The minimum Gasteiger partial charge on any atom is -0.325 e. The Hall–Kier alpha value is -2.30. The van der Waals surface area contributed by atoms with Crippen molar-refractivity contribution in [2.24, 2.45) is 0 Å². The number of carbonyl (C=O) groups is 1. The fraction of sp³-hybridized carbons (Fsp3) is 0.278. The summed E-state index contributed by atoms with van der Waals surface area (Å²) >= 11 is 0. The Balaban J connectivity index is 1.90. The summed E-state index contributed by atoms with van der Waals surface area (Å²) in [5.41, 5.74) is 0.206. The van der Waals surface area contributed by atoms with E-state index in [9.17, 15) is 18.0 Å². The summed E-state index contributed by atoms with van der Waals surface area (Å²) in [6, 6.07) is 9.16. The zero-order valence-electron chi connectivity index (χ0n) is 12.4. The van der Waals surface area contributed by atoms with E-state index in [1.165, 1.54) is 18.2 Å². The predicted molar refractivity (Wildman–Crippen MR) is 81.5 cm³/mol. The van der Waals surface area contributed by atoms with Gasteiger partial charge in [-0.05, 0) is 42.7 Å². The summed E-state index contributed by atoms with van der Waals surface area (Å²) in [5.74, 6) is -2.60. The van der Waals surface area contributed by atoms with Crippen molar-refractivity contribution in [1.82, 2.24) is 0 Å². The van der Waals surface area contributed by atoms with E-state index in [-0.39, 0.29) is 17.4 Å². The molecule has 0 heterocycles. The SMILES string of the molecule is O=C(Nc1ccc(F)c(F)c1)C1(c2ccc(F)cc2)CCCC1. The molecule has 0 spiro atoms. The van der Waals surface area contributed by atoms with Crippen molar-refractivity contribution in [1.29, 1.82) is 0 Å². The highest BCUT2D eigenvalue weighted by Crippen LogP contribution is 2.42. The number of anilines is 1. The van der Waals surface area contributed by atoms with E-state index in [4.69, 9.17) is 0 Å². The van der Waals surface area contributed by atoms with Gasteiger partial charge in [0.15, 0.2) is 11.6 Å². The lowest BCUT2D eigenvalue weighted by atomic mass is 9.78. The highest BCUT2D eigenvalue weighted by atomic mass is 19.2. The van der Waals surface area contributed by atoms with Gasteiger partial charge in [0.25, 0.3) is 0 Å². The first-order chi connectivity index (χ1) is 11.0. The van der Waals surface area contributed by atoms with Crippen molar-refractivity contribution in [2.45, 2.75) is 31.1 Å². The van der Waals surface area contributed by atoms with Crippen LogP contribution >= 0.6 is 0 Å². The topological polar surface area (TPSA) is 29.1 Å². The van der Waals surface area contributed by atoms with Crippen LogP contribution in [-0.4, -0.2) is 5.91 Å². The summed E-state index contributed by atoms with van der Waals surface area (Å²) in [6.07, 6.45) is 3.08. The standard InChI is InChI=1S/C18H16F3NO/c19-13-5-3-12(4-6-13)18(9-1-2-10-18)17(23)22-14-7-8-15(20)16(21)11-14/h3-8,11H,1-2,9-10H2,(H,22,23). The van der Waals surface area contributed by atoms with Gasteiger partial charge in [-0.2, -0.15) is 0 Å². The second kappa shape index (κ2) is 6.07. The molecule has 0 saturated heterocycles. The molecule has 2 aromatic rings. The van der Waals surface area contributed by atoms with E-state index in [2.05, 4.69) is 5.32 Å². The molecular formula is C18H16F3NO. The normalized spacial score (nSPS) is 16.3. The predicted octanol–water partition coefficient (Wildman–Crippen LogP) is 4.55. The molecule has 1 aliphatic rings. The van der Waals surface area contributed by atoms with Crippen LogP contribution in [0.15, 0.2) is 42.5 Å². The largest absolute Gasteiger partial charge is 0.325 e. The molecule has 0 aromatic heterocycles. The van der Waals surface area contributed by atoms with Gasteiger partial charge in [-0.25, -0.2) is 13.2 Å². The summed E-state index contributed by atoms with van der Waals surface area (Å²) in [6.45, 7) is 0. The smallest absolute Gasteiger partial charge is 0.235 e. The Kier molecular flexibility index (Phi) is 4.11. The van der Waals surface area contributed by atoms with Gasteiger partial charge in [0.05, 0.1) is 5.41 Å². The highest BCUT2D eigenvalue weighted by Gasteiger charge is 2.42. The molecule has 2 aromatic carbocycles. The summed E-state index contributed by atoms with van der Waals surface area (Å²) in [5, 5.41) is 2.67. The first kappa shape index (κ1) is 15.6. The zero-order chi connectivity index (χ0) is 16.4. The van der Waals surface area contributed by atoms with Crippen molar-refractivity contribution in [3.05, 3.63) is 65.5 Å². The van der Waals surface area contributed by atoms with Crippen LogP contribution in [-0.2, 0) is 10.2 Å². The maximum Gasteiger partial charge on any atom is 0.235 e. The minimum atomic E-state index is -1.01. The molecule has 1 aliphatic carbocycles. The van der Waals surface area contributed by atoms with Crippen molar-refractivity contribution in [3.8, 4) is 0 Å². The summed E-state index contributed by atoms with van der Waals surface area (Å²) in [7, 11) is 0.